The minimum Gasteiger partial charge on any atom is -0.387 e. The van der Waals surface area contributed by atoms with Crippen LogP contribution < -0.4 is 0 Å². The van der Waals surface area contributed by atoms with Gasteiger partial charge in [0, 0.05) is 6.04 Å². The molecule has 3 fully saturated rings. The number of fused-ring (bicyclic) bond motifs is 3. The van der Waals surface area contributed by atoms with Gasteiger partial charge in [-0.1, -0.05) is 30.3 Å². The molecule has 0 aromatic heterocycles. The van der Waals surface area contributed by atoms with Crippen molar-refractivity contribution in [3.05, 3.63) is 35.9 Å². The van der Waals surface area contributed by atoms with E-state index in [9.17, 15) is 5.11 Å². The Morgan fingerprint density at radius 2 is 1.81 bits per heavy atom. The molecule has 86 valence electrons. The summed E-state index contributed by atoms with van der Waals surface area (Å²) >= 11 is 0. The molecule has 3 heterocycles. The van der Waals surface area contributed by atoms with Gasteiger partial charge in [0.25, 0.3) is 0 Å². The molecular formula is C14H19NO. The maximum atomic E-state index is 10.4. The molecule has 1 N–H and O–H groups in total. The third kappa shape index (κ3) is 1.76. The van der Waals surface area contributed by atoms with Gasteiger partial charge in [0.2, 0.25) is 0 Å². The lowest BCUT2D eigenvalue weighted by atomic mass is 9.80. The van der Waals surface area contributed by atoms with Crippen LogP contribution in [-0.2, 0) is 0 Å². The normalized spacial score (nSPS) is 34.9. The lowest BCUT2D eigenvalue weighted by molar-refractivity contribution is -0.0268. The Kier molecular flexibility index (Phi) is 2.70. The highest BCUT2D eigenvalue weighted by Crippen LogP contribution is 2.37. The van der Waals surface area contributed by atoms with E-state index in [0.29, 0.717) is 6.04 Å². The van der Waals surface area contributed by atoms with Crippen LogP contribution in [0.1, 0.15) is 30.9 Å². The third-order valence-corrected chi connectivity index (χ3v) is 4.20. The molecule has 3 aliphatic rings. The van der Waals surface area contributed by atoms with Gasteiger partial charge in [-0.3, -0.25) is 4.90 Å². The van der Waals surface area contributed by atoms with Crippen LogP contribution in [0.15, 0.2) is 30.3 Å². The predicted octanol–water partition coefficient (Wildman–Crippen LogP) is 2.20. The van der Waals surface area contributed by atoms with Gasteiger partial charge < -0.3 is 5.11 Å². The Labute approximate surface area is 96.9 Å². The minimum atomic E-state index is -0.302. The minimum absolute atomic E-state index is 0.302. The van der Waals surface area contributed by atoms with E-state index in [1.54, 1.807) is 0 Å². The summed E-state index contributed by atoms with van der Waals surface area (Å²) in [6, 6.07) is 10.4. The summed E-state index contributed by atoms with van der Waals surface area (Å²) in [6.45, 7) is 2.36. The van der Waals surface area contributed by atoms with Crippen LogP contribution in [0.3, 0.4) is 0 Å². The molecule has 1 aromatic rings. The molecule has 0 aliphatic carbocycles. The standard InChI is InChI=1S/C14H19NO/c16-14(12-4-2-1-3-5-12)13-10-11-6-8-15(13)9-7-11/h1-5,11,13-14,16H,6-10H2/t13?,14-/m0/s1. The van der Waals surface area contributed by atoms with E-state index >= 15 is 0 Å². The first-order valence-corrected chi connectivity index (χ1v) is 6.31. The van der Waals surface area contributed by atoms with E-state index in [2.05, 4.69) is 4.90 Å². The van der Waals surface area contributed by atoms with Crippen molar-refractivity contribution in [2.75, 3.05) is 13.1 Å². The van der Waals surface area contributed by atoms with Gasteiger partial charge in [0.15, 0.2) is 0 Å². The Bertz CT molecular complexity index is 343. The number of piperidine rings is 3. The predicted molar refractivity (Wildman–Crippen MR) is 64.1 cm³/mol. The number of aliphatic hydroxyl groups is 1. The first kappa shape index (κ1) is 10.3. The van der Waals surface area contributed by atoms with Crippen LogP contribution in [0.2, 0.25) is 0 Å². The van der Waals surface area contributed by atoms with Gasteiger partial charge >= 0.3 is 0 Å². The van der Waals surface area contributed by atoms with Crippen LogP contribution in [0.4, 0.5) is 0 Å². The topological polar surface area (TPSA) is 23.5 Å². The zero-order valence-corrected chi connectivity index (χ0v) is 9.55. The molecule has 2 bridgehead atoms. The molecule has 2 atom stereocenters. The van der Waals surface area contributed by atoms with Gasteiger partial charge in [-0.05, 0) is 43.8 Å². The largest absolute Gasteiger partial charge is 0.387 e. The average molecular weight is 217 g/mol. The van der Waals surface area contributed by atoms with Crippen LogP contribution in [-0.4, -0.2) is 29.1 Å². The molecule has 2 nitrogen and oxygen atoms in total. The molecule has 3 aliphatic heterocycles. The third-order valence-electron chi connectivity index (χ3n) is 4.20. The Morgan fingerprint density at radius 1 is 1.12 bits per heavy atom. The highest BCUT2D eigenvalue weighted by Gasteiger charge is 2.37. The highest BCUT2D eigenvalue weighted by molar-refractivity contribution is 5.19. The number of aliphatic hydroxyl groups excluding tert-OH is 1. The van der Waals surface area contributed by atoms with Crippen molar-refractivity contribution in [1.82, 2.24) is 4.90 Å². The molecular weight excluding hydrogens is 198 g/mol. The van der Waals surface area contributed by atoms with Crippen molar-refractivity contribution < 1.29 is 5.11 Å². The van der Waals surface area contributed by atoms with Crippen LogP contribution >= 0.6 is 0 Å². The maximum absolute atomic E-state index is 10.4. The van der Waals surface area contributed by atoms with E-state index in [-0.39, 0.29) is 6.10 Å². The van der Waals surface area contributed by atoms with E-state index in [1.165, 1.54) is 32.4 Å². The Hall–Kier alpha value is -0.860. The van der Waals surface area contributed by atoms with Crippen molar-refractivity contribution in [3.8, 4) is 0 Å². The summed E-state index contributed by atoms with van der Waals surface area (Å²) in [7, 11) is 0. The van der Waals surface area contributed by atoms with E-state index in [1.807, 2.05) is 30.3 Å². The zero-order chi connectivity index (χ0) is 11.0. The summed E-state index contributed by atoms with van der Waals surface area (Å²) in [5.74, 6) is 0.855. The molecule has 4 rings (SSSR count). The van der Waals surface area contributed by atoms with Crippen molar-refractivity contribution in [2.24, 2.45) is 5.92 Å². The highest BCUT2D eigenvalue weighted by atomic mass is 16.3. The SMILES string of the molecule is O[C@@H](c1ccccc1)C1CC2CCN1CC2. The molecule has 0 radical (unpaired) electrons. The molecule has 0 spiro atoms. The van der Waals surface area contributed by atoms with Crippen molar-refractivity contribution in [2.45, 2.75) is 31.4 Å². The van der Waals surface area contributed by atoms with E-state index in [4.69, 9.17) is 0 Å². The Balaban J connectivity index is 1.78. The number of hydrogen-bond donors (Lipinski definition) is 1. The summed E-state index contributed by atoms with van der Waals surface area (Å²) in [6.07, 6.45) is 3.54. The summed E-state index contributed by atoms with van der Waals surface area (Å²) in [5, 5.41) is 10.4. The van der Waals surface area contributed by atoms with Gasteiger partial charge in [0.05, 0.1) is 6.10 Å². The number of nitrogens with zero attached hydrogens (tertiary/aromatic N) is 1. The first-order chi connectivity index (χ1) is 7.84. The fourth-order valence-electron chi connectivity index (χ4n) is 3.21. The van der Waals surface area contributed by atoms with Crippen molar-refractivity contribution >= 4 is 0 Å². The molecule has 1 unspecified atom stereocenters. The number of benzene rings is 1. The number of hydrogen-bond acceptors (Lipinski definition) is 2. The van der Waals surface area contributed by atoms with Crippen molar-refractivity contribution in [1.29, 1.82) is 0 Å². The average Bonchev–Trinajstić information content (AvgIpc) is 2.40. The van der Waals surface area contributed by atoms with Gasteiger partial charge in [-0.2, -0.15) is 0 Å². The molecule has 0 saturated carbocycles. The fourth-order valence-corrected chi connectivity index (χ4v) is 3.21. The quantitative estimate of drug-likeness (QED) is 0.821. The molecule has 2 heteroatoms. The smallest absolute Gasteiger partial charge is 0.0945 e. The fraction of sp³-hybridized carbons (Fsp3) is 0.571. The van der Waals surface area contributed by atoms with E-state index in [0.717, 1.165) is 11.5 Å². The Morgan fingerprint density at radius 3 is 2.38 bits per heavy atom. The van der Waals surface area contributed by atoms with Gasteiger partial charge in [-0.25, -0.2) is 0 Å². The maximum Gasteiger partial charge on any atom is 0.0945 e. The zero-order valence-electron chi connectivity index (χ0n) is 9.55. The number of rotatable bonds is 2. The molecule has 0 amide bonds. The van der Waals surface area contributed by atoms with E-state index < -0.39 is 0 Å². The summed E-state index contributed by atoms with van der Waals surface area (Å²) in [5.41, 5.74) is 1.07. The first-order valence-electron chi connectivity index (χ1n) is 6.31. The lowest BCUT2D eigenvalue weighted by Crippen LogP contribution is -2.51. The summed E-state index contributed by atoms with van der Waals surface area (Å²) < 4.78 is 0. The second-order valence-electron chi connectivity index (χ2n) is 5.14. The van der Waals surface area contributed by atoms with Crippen LogP contribution in [0, 0.1) is 5.92 Å². The molecule has 3 saturated heterocycles. The van der Waals surface area contributed by atoms with Crippen molar-refractivity contribution in [3.63, 3.8) is 0 Å². The molecule has 1 aromatic carbocycles. The van der Waals surface area contributed by atoms with Gasteiger partial charge in [-0.15, -0.1) is 0 Å². The van der Waals surface area contributed by atoms with Gasteiger partial charge in [0.1, 0.15) is 0 Å². The summed E-state index contributed by atoms with van der Waals surface area (Å²) in [4.78, 5) is 2.47. The monoisotopic (exact) mass is 217 g/mol. The second kappa shape index (κ2) is 4.19. The van der Waals surface area contributed by atoms with Crippen LogP contribution in [0.25, 0.3) is 0 Å². The lowest BCUT2D eigenvalue weighted by Gasteiger charge is -2.47. The molecule has 16 heavy (non-hydrogen) atoms. The van der Waals surface area contributed by atoms with Crippen LogP contribution in [0.5, 0.6) is 0 Å². The second-order valence-corrected chi connectivity index (χ2v) is 5.14.